The van der Waals surface area contributed by atoms with Gasteiger partial charge in [0.15, 0.2) is 5.17 Å². The zero-order valence-electron chi connectivity index (χ0n) is 13.3. The number of rotatable bonds is 4. The number of nitrogens with zero attached hydrogens (tertiary/aromatic N) is 3. The first-order valence-electron chi connectivity index (χ1n) is 7.60. The number of thiocarbonyl (C=S) groups is 1. The third-order valence-electron chi connectivity index (χ3n) is 3.69. The highest BCUT2D eigenvalue weighted by Gasteiger charge is 2.13. The maximum absolute atomic E-state index is 5.79. The van der Waals surface area contributed by atoms with E-state index in [1.54, 1.807) is 0 Å². The van der Waals surface area contributed by atoms with E-state index in [1.807, 2.05) is 6.92 Å². The van der Waals surface area contributed by atoms with Crippen LogP contribution in [-0.4, -0.2) is 54.0 Å². The molecule has 0 aliphatic carbocycles. The molecule has 120 valence electrons. The van der Waals surface area contributed by atoms with Gasteiger partial charge in [-0.25, -0.2) is 4.99 Å². The lowest BCUT2D eigenvalue weighted by molar-refractivity contribution is 0.313. The van der Waals surface area contributed by atoms with Crippen LogP contribution in [0.3, 0.4) is 0 Å². The topological polar surface area (TPSA) is 44.9 Å². The lowest BCUT2D eigenvalue weighted by Crippen LogP contribution is -2.44. The largest absolute Gasteiger partial charge is 0.378 e. The summed E-state index contributed by atoms with van der Waals surface area (Å²) in [6.45, 7) is 6.46. The summed E-state index contributed by atoms with van der Waals surface area (Å²) < 4.78 is 0. The molecule has 2 N–H and O–H groups in total. The van der Waals surface area contributed by atoms with Crippen LogP contribution in [0.2, 0.25) is 0 Å². The molecule has 1 heterocycles. The minimum absolute atomic E-state index is 0.557. The highest BCUT2D eigenvalue weighted by molar-refractivity contribution is 8.13. The number of nitrogens with two attached hydrogens (primary N) is 1. The van der Waals surface area contributed by atoms with E-state index in [0.29, 0.717) is 16.6 Å². The van der Waals surface area contributed by atoms with Crippen LogP contribution in [0.5, 0.6) is 0 Å². The predicted molar refractivity (Wildman–Crippen MR) is 102 cm³/mol. The van der Waals surface area contributed by atoms with Gasteiger partial charge in [-0.1, -0.05) is 43.0 Å². The fourth-order valence-electron chi connectivity index (χ4n) is 2.41. The minimum Gasteiger partial charge on any atom is -0.378 e. The molecular weight excluding hydrogens is 312 g/mol. The van der Waals surface area contributed by atoms with Gasteiger partial charge in [0.05, 0.1) is 0 Å². The molecule has 1 saturated heterocycles. The molecule has 6 heteroatoms. The lowest BCUT2D eigenvalue weighted by Gasteiger charge is -2.34. The molecular formula is C16H24N4S2. The molecule has 0 radical (unpaired) electrons. The SMILES string of the molecule is CCSC(N)=NC(=S)Cc1ccc(N2CCN(C)CC2)cc1. The minimum atomic E-state index is 0.557. The van der Waals surface area contributed by atoms with Gasteiger partial charge in [0.2, 0.25) is 0 Å². The number of thioether (sulfide) groups is 1. The molecule has 0 amide bonds. The Bertz CT molecular complexity index is 519. The van der Waals surface area contributed by atoms with Crippen molar-refractivity contribution >= 4 is 39.8 Å². The number of hydrogen-bond acceptors (Lipinski definition) is 4. The second-order valence-corrected chi connectivity index (χ2v) is 7.17. The Morgan fingerprint density at radius 3 is 2.45 bits per heavy atom. The van der Waals surface area contributed by atoms with Gasteiger partial charge in [0.25, 0.3) is 0 Å². The third-order valence-corrected chi connectivity index (χ3v) is 4.60. The molecule has 0 bridgehead atoms. The standard InChI is InChI=1S/C16H24N4S2/c1-3-22-16(17)18-15(21)12-13-4-6-14(7-5-13)20-10-8-19(2)9-11-20/h4-7H,3,8-12H2,1-2H3,(H2,17,18,21). The molecule has 1 aromatic rings. The van der Waals surface area contributed by atoms with Gasteiger partial charge >= 0.3 is 0 Å². The predicted octanol–water partition coefficient (Wildman–Crippen LogP) is 2.38. The first kappa shape index (κ1) is 17.2. The second-order valence-electron chi connectivity index (χ2n) is 5.41. The molecule has 1 aliphatic rings. The molecule has 1 fully saturated rings. The Hall–Kier alpha value is -1.11. The lowest BCUT2D eigenvalue weighted by atomic mass is 10.1. The molecule has 4 nitrogen and oxygen atoms in total. The average Bonchev–Trinajstić information content (AvgIpc) is 2.49. The van der Waals surface area contributed by atoms with Crippen LogP contribution in [0.15, 0.2) is 29.3 Å². The van der Waals surface area contributed by atoms with Crippen molar-refractivity contribution in [2.24, 2.45) is 10.7 Å². The van der Waals surface area contributed by atoms with E-state index in [4.69, 9.17) is 18.0 Å². The van der Waals surface area contributed by atoms with Gasteiger partial charge in [-0.2, -0.15) is 0 Å². The van der Waals surface area contributed by atoms with Gasteiger partial charge in [-0.3, -0.25) is 0 Å². The van der Waals surface area contributed by atoms with Gasteiger partial charge in [-0.15, -0.1) is 0 Å². The first-order valence-corrected chi connectivity index (χ1v) is 9.00. The number of aliphatic imine (C=N–C) groups is 1. The third kappa shape index (κ3) is 5.26. The normalized spacial score (nSPS) is 16.8. The van der Waals surface area contributed by atoms with E-state index in [2.05, 4.69) is 46.1 Å². The number of piperazine rings is 1. The van der Waals surface area contributed by atoms with Crippen molar-refractivity contribution in [3.8, 4) is 0 Å². The number of anilines is 1. The van der Waals surface area contributed by atoms with Crippen molar-refractivity contribution in [2.45, 2.75) is 13.3 Å². The van der Waals surface area contributed by atoms with E-state index >= 15 is 0 Å². The van der Waals surface area contributed by atoms with Crippen LogP contribution in [0.25, 0.3) is 0 Å². The molecule has 0 spiro atoms. The summed E-state index contributed by atoms with van der Waals surface area (Å²) in [6, 6.07) is 8.63. The highest BCUT2D eigenvalue weighted by Crippen LogP contribution is 2.17. The summed E-state index contributed by atoms with van der Waals surface area (Å²) in [5.74, 6) is 0.914. The van der Waals surface area contributed by atoms with Crippen LogP contribution in [0.1, 0.15) is 12.5 Å². The summed E-state index contributed by atoms with van der Waals surface area (Å²) in [7, 11) is 2.17. The quantitative estimate of drug-likeness (QED) is 0.520. The maximum Gasteiger partial charge on any atom is 0.159 e. The van der Waals surface area contributed by atoms with Gasteiger partial charge < -0.3 is 15.5 Å². The van der Waals surface area contributed by atoms with Gasteiger partial charge in [-0.05, 0) is 30.5 Å². The summed E-state index contributed by atoms with van der Waals surface area (Å²) in [5, 5.41) is 0.557. The zero-order valence-corrected chi connectivity index (χ0v) is 14.9. The number of amidine groups is 1. The van der Waals surface area contributed by atoms with Crippen LogP contribution in [-0.2, 0) is 6.42 Å². The summed E-state index contributed by atoms with van der Waals surface area (Å²) in [5.41, 5.74) is 8.25. The van der Waals surface area contributed by atoms with E-state index < -0.39 is 0 Å². The summed E-state index contributed by atoms with van der Waals surface area (Å²) in [6.07, 6.45) is 0.670. The molecule has 0 saturated carbocycles. The zero-order chi connectivity index (χ0) is 15.9. The number of likely N-dealkylation sites (N-methyl/N-ethyl adjacent to an activating group) is 1. The van der Waals surface area contributed by atoms with Crippen molar-refractivity contribution in [1.82, 2.24) is 4.90 Å². The maximum atomic E-state index is 5.79. The first-order chi connectivity index (χ1) is 10.6. The van der Waals surface area contributed by atoms with E-state index in [0.717, 1.165) is 31.9 Å². The Balaban J connectivity index is 1.92. The van der Waals surface area contributed by atoms with Gasteiger partial charge in [0.1, 0.15) is 4.99 Å². The average molecular weight is 337 g/mol. The molecule has 0 unspecified atom stereocenters. The van der Waals surface area contributed by atoms with Crippen molar-refractivity contribution in [1.29, 1.82) is 0 Å². The summed E-state index contributed by atoms with van der Waals surface area (Å²) >= 11 is 6.82. The number of benzene rings is 1. The molecule has 0 aromatic heterocycles. The van der Waals surface area contributed by atoms with Crippen LogP contribution < -0.4 is 10.6 Å². The molecule has 0 atom stereocenters. The Morgan fingerprint density at radius 2 is 1.86 bits per heavy atom. The van der Waals surface area contributed by atoms with E-state index in [1.165, 1.54) is 23.0 Å². The Kier molecular flexibility index (Phi) is 6.67. The van der Waals surface area contributed by atoms with Crippen molar-refractivity contribution < 1.29 is 0 Å². The van der Waals surface area contributed by atoms with Crippen molar-refractivity contribution in [2.75, 3.05) is 43.9 Å². The molecule has 22 heavy (non-hydrogen) atoms. The monoisotopic (exact) mass is 336 g/mol. The fourth-order valence-corrected chi connectivity index (χ4v) is 3.20. The van der Waals surface area contributed by atoms with Crippen LogP contribution >= 0.6 is 24.0 Å². The Morgan fingerprint density at radius 1 is 1.23 bits per heavy atom. The van der Waals surface area contributed by atoms with E-state index in [9.17, 15) is 0 Å². The molecule has 2 rings (SSSR count). The van der Waals surface area contributed by atoms with Gasteiger partial charge in [0, 0.05) is 38.3 Å². The number of hydrogen-bond donors (Lipinski definition) is 1. The van der Waals surface area contributed by atoms with E-state index in [-0.39, 0.29) is 0 Å². The Labute approximate surface area is 142 Å². The summed E-state index contributed by atoms with van der Waals surface area (Å²) in [4.78, 5) is 9.69. The van der Waals surface area contributed by atoms with Crippen molar-refractivity contribution in [3.05, 3.63) is 29.8 Å². The van der Waals surface area contributed by atoms with Crippen LogP contribution in [0.4, 0.5) is 5.69 Å². The van der Waals surface area contributed by atoms with Crippen LogP contribution in [0, 0.1) is 0 Å². The molecule has 1 aliphatic heterocycles. The molecule has 1 aromatic carbocycles. The smallest absolute Gasteiger partial charge is 0.159 e. The van der Waals surface area contributed by atoms with Crippen molar-refractivity contribution in [3.63, 3.8) is 0 Å². The second kappa shape index (κ2) is 8.50. The fraction of sp³-hybridized carbons (Fsp3) is 0.500. The highest BCUT2D eigenvalue weighted by atomic mass is 32.2.